The van der Waals surface area contributed by atoms with Crippen LogP contribution in [0.3, 0.4) is 0 Å². The molecule has 0 spiro atoms. The molecule has 13 rings (SSSR count). The average molecular weight is 707 g/mol. The number of allylic oxidation sites excluding steroid dienone is 1. The molecule has 55 heavy (non-hydrogen) atoms. The summed E-state index contributed by atoms with van der Waals surface area (Å²) in [6.45, 7) is 4.72. The minimum absolute atomic E-state index is 0.219. The summed E-state index contributed by atoms with van der Waals surface area (Å²) in [4.78, 5) is 0. The van der Waals surface area contributed by atoms with Crippen molar-refractivity contribution in [2.75, 3.05) is 0 Å². The van der Waals surface area contributed by atoms with Crippen LogP contribution in [0.25, 0.3) is 105 Å². The summed E-state index contributed by atoms with van der Waals surface area (Å²) in [5.74, 6) is 0. The Morgan fingerprint density at radius 3 is 1.55 bits per heavy atom. The van der Waals surface area contributed by atoms with Crippen molar-refractivity contribution in [1.29, 1.82) is 0 Å². The van der Waals surface area contributed by atoms with Gasteiger partial charge in [-0.2, -0.15) is 0 Å². The first-order chi connectivity index (χ1) is 27.0. The quantitative estimate of drug-likeness (QED) is 0.179. The number of para-hydroxylation sites is 3. The molecule has 0 unspecified atom stereocenters. The molecule has 0 N–H and O–H groups in total. The van der Waals surface area contributed by atoms with Crippen molar-refractivity contribution in [2.45, 2.75) is 32.1 Å². The van der Waals surface area contributed by atoms with Crippen LogP contribution in [0, 0.1) is 0 Å². The summed E-state index contributed by atoms with van der Waals surface area (Å²) in [6.07, 6.45) is 6.76. The van der Waals surface area contributed by atoms with Gasteiger partial charge < -0.3 is 18.0 Å². The first-order valence-electron chi connectivity index (χ1n) is 19.3. The standard InChI is InChI=1S/C51H34N2O2/c1-51(2)41-25-39-37-23-29(52-43-15-7-3-11-31(43)32-12-4-8-16-44(32)52)19-21-47(37)54-49(39)27-35(41)36-28-50-40(26-42(36)51)38-24-30(20-22-48(38)55-50)53-45-17-9-5-13-33(45)34-14-6-10-18-46(34)53/h3-5,7-13,15-28H,6,14H2,1-2H3. The number of rotatable bonds is 2. The highest BCUT2D eigenvalue weighted by atomic mass is 16.3. The van der Waals surface area contributed by atoms with E-state index in [-0.39, 0.29) is 5.41 Å². The van der Waals surface area contributed by atoms with E-state index in [1.165, 1.54) is 66.2 Å². The van der Waals surface area contributed by atoms with Crippen LogP contribution in [0.4, 0.5) is 0 Å². The van der Waals surface area contributed by atoms with Crippen molar-refractivity contribution in [2.24, 2.45) is 0 Å². The maximum Gasteiger partial charge on any atom is 0.136 e. The number of nitrogens with zero attached hydrogens (tertiary/aromatic N) is 2. The summed E-state index contributed by atoms with van der Waals surface area (Å²) in [7, 11) is 0. The third kappa shape index (κ3) is 3.81. The molecule has 4 heteroatoms. The highest BCUT2D eigenvalue weighted by Crippen LogP contribution is 2.53. The molecule has 0 fully saturated rings. The van der Waals surface area contributed by atoms with Crippen molar-refractivity contribution >= 4 is 82.7 Å². The molecule has 4 aromatic heterocycles. The number of furan rings is 2. The zero-order valence-corrected chi connectivity index (χ0v) is 30.5. The van der Waals surface area contributed by atoms with Gasteiger partial charge in [-0.05, 0) is 126 Å². The van der Waals surface area contributed by atoms with Crippen LogP contribution in [0.2, 0.25) is 0 Å². The smallest absolute Gasteiger partial charge is 0.136 e. The summed E-state index contributed by atoms with van der Waals surface area (Å²) in [5.41, 5.74) is 17.2. The van der Waals surface area contributed by atoms with E-state index in [0.717, 1.165) is 68.1 Å². The van der Waals surface area contributed by atoms with Crippen LogP contribution in [0.15, 0.2) is 148 Å². The molecule has 0 bridgehead atoms. The molecule has 2 aliphatic carbocycles. The summed E-state index contributed by atoms with van der Waals surface area (Å²) >= 11 is 0. The normalized spacial score (nSPS) is 14.7. The van der Waals surface area contributed by atoms with Gasteiger partial charge in [0, 0.05) is 60.2 Å². The lowest BCUT2D eigenvalue weighted by Gasteiger charge is -2.21. The van der Waals surface area contributed by atoms with Gasteiger partial charge in [-0.1, -0.05) is 74.5 Å². The van der Waals surface area contributed by atoms with Crippen LogP contribution >= 0.6 is 0 Å². The molecular formula is C51H34N2O2. The Morgan fingerprint density at radius 1 is 0.473 bits per heavy atom. The second kappa shape index (κ2) is 10.2. The van der Waals surface area contributed by atoms with Crippen LogP contribution in [0.5, 0.6) is 0 Å². The second-order valence-corrected chi connectivity index (χ2v) is 16.0. The fourth-order valence-corrected chi connectivity index (χ4v) is 10.2. The fourth-order valence-electron chi connectivity index (χ4n) is 10.2. The number of aromatic nitrogens is 2. The van der Waals surface area contributed by atoms with E-state index in [1.54, 1.807) is 0 Å². The Labute approximate surface area is 316 Å². The van der Waals surface area contributed by atoms with Crippen molar-refractivity contribution in [3.63, 3.8) is 0 Å². The first kappa shape index (κ1) is 29.6. The van der Waals surface area contributed by atoms with Gasteiger partial charge in [0.25, 0.3) is 0 Å². The topological polar surface area (TPSA) is 36.1 Å². The van der Waals surface area contributed by atoms with Crippen LogP contribution in [-0.4, -0.2) is 9.13 Å². The largest absolute Gasteiger partial charge is 0.456 e. The van der Waals surface area contributed by atoms with E-state index < -0.39 is 0 Å². The lowest BCUT2D eigenvalue weighted by atomic mass is 9.81. The number of hydrogen-bond donors (Lipinski definition) is 0. The van der Waals surface area contributed by atoms with Gasteiger partial charge in [0.1, 0.15) is 22.3 Å². The molecule has 0 atom stereocenters. The Bertz CT molecular complexity index is 3470. The average Bonchev–Trinajstić information content (AvgIpc) is 3.99. The molecule has 0 saturated carbocycles. The van der Waals surface area contributed by atoms with E-state index in [4.69, 9.17) is 8.83 Å². The van der Waals surface area contributed by atoms with Crippen molar-refractivity contribution < 1.29 is 8.83 Å². The van der Waals surface area contributed by atoms with E-state index >= 15 is 0 Å². The molecule has 4 heterocycles. The monoisotopic (exact) mass is 706 g/mol. The first-order valence-corrected chi connectivity index (χ1v) is 19.3. The zero-order valence-electron chi connectivity index (χ0n) is 30.5. The second-order valence-electron chi connectivity index (χ2n) is 16.0. The van der Waals surface area contributed by atoms with Gasteiger partial charge in [-0.25, -0.2) is 0 Å². The lowest BCUT2D eigenvalue weighted by molar-refractivity contribution is 0.656. The highest BCUT2D eigenvalue weighted by Gasteiger charge is 2.37. The number of aryl methyl sites for hydroxylation is 1. The van der Waals surface area contributed by atoms with Gasteiger partial charge >= 0.3 is 0 Å². The number of benzene rings is 7. The lowest BCUT2D eigenvalue weighted by Crippen LogP contribution is -2.14. The van der Waals surface area contributed by atoms with Gasteiger partial charge in [-0.15, -0.1) is 0 Å². The summed E-state index contributed by atoms with van der Waals surface area (Å²) < 4.78 is 18.1. The molecular weight excluding hydrogens is 673 g/mol. The summed E-state index contributed by atoms with van der Waals surface area (Å²) in [6, 6.07) is 48.8. The zero-order chi connectivity index (χ0) is 36.2. The SMILES string of the molecule is CC1(C)c2cc3c(cc2-c2cc4oc5ccc(-n6c7ccccc7c7ccccc76)cc5c4cc21)oc1ccc(-n2c4c(c5ccccc52)CCC=C4)cc13. The predicted molar refractivity (Wildman–Crippen MR) is 227 cm³/mol. The molecule has 0 aliphatic heterocycles. The molecule has 4 nitrogen and oxygen atoms in total. The van der Waals surface area contributed by atoms with Crippen LogP contribution in [0.1, 0.15) is 42.7 Å². The van der Waals surface area contributed by atoms with E-state index in [0.29, 0.717) is 0 Å². The predicted octanol–water partition coefficient (Wildman–Crippen LogP) is 13.8. The number of hydrogen-bond acceptors (Lipinski definition) is 2. The molecule has 11 aromatic rings. The van der Waals surface area contributed by atoms with E-state index in [2.05, 4.69) is 169 Å². The maximum absolute atomic E-state index is 6.63. The van der Waals surface area contributed by atoms with Crippen LogP contribution < -0.4 is 0 Å². The third-order valence-electron chi connectivity index (χ3n) is 12.8. The maximum atomic E-state index is 6.63. The number of fused-ring (bicyclic) bond motifs is 15. The molecule has 2 aliphatic rings. The Balaban J connectivity index is 0.977. The summed E-state index contributed by atoms with van der Waals surface area (Å²) in [5, 5.41) is 8.44. The van der Waals surface area contributed by atoms with Gasteiger partial charge in [0.05, 0.1) is 16.6 Å². The minimum atomic E-state index is -0.219. The highest BCUT2D eigenvalue weighted by molar-refractivity contribution is 6.13. The fraction of sp³-hybridized carbons (Fsp3) is 0.0980. The molecule has 0 saturated heterocycles. The minimum Gasteiger partial charge on any atom is -0.456 e. The van der Waals surface area contributed by atoms with E-state index in [9.17, 15) is 0 Å². The van der Waals surface area contributed by atoms with Crippen LogP contribution in [-0.2, 0) is 11.8 Å². The Morgan fingerprint density at radius 2 is 0.964 bits per heavy atom. The molecule has 260 valence electrons. The third-order valence-corrected chi connectivity index (χ3v) is 12.8. The van der Waals surface area contributed by atoms with Crippen molar-refractivity contribution in [1.82, 2.24) is 9.13 Å². The van der Waals surface area contributed by atoms with Crippen molar-refractivity contribution in [3.05, 3.63) is 162 Å². The molecule has 0 radical (unpaired) electrons. The Kier molecular flexibility index (Phi) is 5.52. The molecule has 0 amide bonds. The van der Waals surface area contributed by atoms with Gasteiger partial charge in [0.2, 0.25) is 0 Å². The van der Waals surface area contributed by atoms with Gasteiger partial charge in [-0.3, -0.25) is 0 Å². The Hall–Kier alpha value is -6.78. The van der Waals surface area contributed by atoms with E-state index in [1.807, 2.05) is 0 Å². The van der Waals surface area contributed by atoms with Gasteiger partial charge in [0.15, 0.2) is 0 Å². The molecule has 7 aromatic carbocycles. The van der Waals surface area contributed by atoms with Crippen molar-refractivity contribution in [3.8, 4) is 22.5 Å².